The highest BCUT2D eigenvalue weighted by Crippen LogP contribution is 2.39. The maximum Gasteiger partial charge on any atom is 0.149 e. The third-order valence-corrected chi connectivity index (χ3v) is 4.86. The maximum atomic E-state index is 6.00. The van der Waals surface area contributed by atoms with Gasteiger partial charge >= 0.3 is 0 Å². The van der Waals surface area contributed by atoms with Gasteiger partial charge in [-0.2, -0.15) is 4.37 Å². The molecule has 7 heteroatoms. The monoisotopic (exact) mass is 320 g/mol. The number of aromatic nitrogens is 2. The number of nitrogens with one attached hydrogen (secondary N) is 1. The lowest BCUT2D eigenvalue weighted by Gasteiger charge is -2.12. The SMILES string of the molecule is Cc1csc(-c2c(N)nsc2NC(C)c2ccc(C)o2)n1. The van der Waals surface area contributed by atoms with Crippen LogP contribution in [0.15, 0.2) is 21.9 Å². The molecule has 0 fully saturated rings. The second-order valence-electron chi connectivity index (χ2n) is 4.88. The molecule has 0 radical (unpaired) electrons. The first-order valence-electron chi connectivity index (χ1n) is 6.55. The van der Waals surface area contributed by atoms with Gasteiger partial charge in [0.15, 0.2) is 0 Å². The first-order chi connectivity index (χ1) is 10.0. The Morgan fingerprint density at radius 1 is 1.33 bits per heavy atom. The van der Waals surface area contributed by atoms with Crippen molar-refractivity contribution in [3.8, 4) is 10.6 Å². The number of furan rings is 1. The van der Waals surface area contributed by atoms with E-state index < -0.39 is 0 Å². The third kappa shape index (κ3) is 2.79. The van der Waals surface area contributed by atoms with Crippen LogP contribution in [0.4, 0.5) is 10.8 Å². The molecule has 0 aliphatic rings. The van der Waals surface area contributed by atoms with Gasteiger partial charge in [-0.05, 0) is 44.4 Å². The smallest absolute Gasteiger partial charge is 0.149 e. The average molecular weight is 320 g/mol. The Balaban J connectivity index is 1.90. The second kappa shape index (κ2) is 5.50. The van der Waals surface area contributed by atoms with Crippen molar-refractivity contribution in [2.45, 2.75) is 26.8 Å². The van der Waals surface area contributed by atoms with E-state index in [4.69, 9.17) is 10.2 Å². The zero-order valence-electron chi connectivity index (χ0n) is 12.0. The fourth-order valence-corrected chi connectivity index (χ4v) is 3.75. The lowest BCUT2D eigenvalue weighted by atomic mass is 10.2. The Bertz CT molecular complexity index is 759. The van der Waals surface area contributed by atoms with Gasteiger partial charge in [-0.3, -0.25) is 0 Å². The van der Waals surface area contributed by atoms with E-state index in [2.05, 4.69) is 14.7 Å². The summed E-state index contributed by atoms with van der Waals surface area (Å²) >= 11 is 2.92. The molecule has 0 spiro atoms. The van der Waals surface area contributed by atoms with Crippen molar-refractivity contribution in [1.29, 1.82) is 0 Å². The molecular formula is C14H16N4OS2. The van der Waals surface area contributed by atoms with E-state index in [1.165, 1.54) is 11.5 Å². The van der Waals surface area contributed by atoms with Crippen LogP contribution in [-0.4, -0.2) is 9.36 Å². The summed E-state index contributed by atoms with van der Waals surface area (Å²) in [4.78, 5) is 4.50. The van der Waals surface area contributed by atoms with Crippen molar-refractivity contribution in [2.75, 3.05) is 11.1 Å². The van der Waals surface area contributed by atoms with Gasteiger partial charge < -0.3 is 15.5 Å². The van der Waals surface area contributed by atoms with Crippen LogP contribution in [-0.2, 0) is 0 Å². The fraction of sp³-hybridized carbons (Fsp3) is 0.286. The van der Waals surface area contributed by atoms with Crippen LogP contribution < -0.4 is 11.1 Å². The van der Waals surface area contributed by atoms with E-state index in [0.717, 1.165) is 32.8 Å². The Morgan fingerprint density at radius 2 is 2.14 bits per heavy atom. The molecule has 3 rings (SSSR count). The quantitative estimate of drug-likeness (QED) is 0.752. The Morgan fingerprint density at radius 3 is 2.76 bits per heavy atom. The predicted octanol–water partition coefficient (Wildman–Crippen LogP) is 4.23. The van der Waals surface area contributed by atoms with Gasteiger partial charge in [0, 0.05) is 11.1 Å². The highest BCUT2D eigenvalue weighted by molar-refractivity contribution is 7.15. The Kier molecular flexibility index (Phi) is 3.69. The molecule has 0 saturated carbocycles. The molecule has 21 heavy (non-hydrogen) atoms. The molecule has 1 atom stereocenters. The van der Waals surface area contributed by atoms with Crippen molar-refractivity contribution in [1.82, 2.24) is 9.36 Å². The number of nitrogen functional groups attached to an aromatic ring is 1. The normalized spacial score (nSPS) is 12.5. The van der Waals surface area contributed by atoms with Crippen molar-refractivity contribution in [3.63, 3.8) is 0 Å². The summed E-state index contributed by atoms with van der Waals surface area (Å²) in [6.45, 7) is 5.95. The minimum Gasteiger partial charge on any atom is -0.464 e. The molecule has 5 nitrogen and oxygen atoms in total. The number of anilines is 2. The van der Waals surface area contributed by atoms with E-state index in [1.54, 1.807) is 11.3 Å². The largest absolute Gasteiger partial charge is 0.464 e. The summed E-state index contributed by atoms with van der Waals surface area (Å²) in [6.07, 6.45) is 0. The van der Waals surface area contributed by atoms with Crippen molar-refractivity contribution in [2.24, 2.45) is 0 Å². The van der Waals surface area contributed by atoms with Gasteiger partial charge in [-0.25, -0.2) is 4.98 Å². The van der Waals surface area contributed by atoms with Crippen LogP contribution in [0.1, 0.15) is 30.2 Å². The zero-order valence-corrected chi connectivity index (χ0v) is 13.6. The molecule has 1 unspecified atom stereocenters. The highest BCUT2D eigenvalue weighted by Gasteiger charge is 2.19. The first kappa shape index (κ1) is 14.1. The number of aryl methyl sites for hydroxylation is 2. The average Bonchev–Trinajstić information content (AvgIpc) is 3.12. The van der Waals surface area contributed by atoms with Crippen molar-refractivity contribution < 1.29 is 4.42 Å². The van der Waals surface area contributed by atoms with Crippen LogP contribution in [0.5, 0.6) is 0 Å². The number of hydrogen-bond donors (Lipinski definition) is 2. The number of thiazole rings is 1. The molecule has 0 aliphatic carbocycles. The fourth-order valence-electron chi connectivity index (χ4n) is 2.03. The van der Waals surface area contributed by atoms with Gasteiger partial charge in [0.25, 0.3) is 0 Å². The number of nitrogens with zero attached hydrogens (tertiary/aromatic N) is 2. The topological polar surface area (TPSA) is 77.0 Å². The summed E-state index contributed by atoms with van der Waals surface area (Å²) in [6, 6.07) is 3.97. The molecule has 0 amide bonds. The van der Waals surface area contributed by atoms with E-state index >= 15 is 0 Å². The van der Waals surface area contributed by atoms with E-state index in [9.17, 15) is 0 Å². The van der Waals surface area contributed by atoms with Gasteiger partial charge in [-0.1, -0.05) is 0 Å². The highest BCUT2D eigenvalue weighted by atomic mass is 32.1. The lowest BCUT2D eigenvalue weighted by Crippen LogP contribution is -2.05. The third-order valence-electron chi connectivity index (χ3n) is 3.09. The molecule has 3 aromatic heterocycles. The van der Waals surface area contributed by atoms with Crippen LogP contribution in [0.3, 0.4) is 0 Å². The van der Waals surface area contributed by atoms with Crippen molar-refractivity contribution in [3.05, 3.63) is 34.7 Å². The second-order valence-corrected chi connectivity index (χ2v) is 6.51. The minimum absolute atomic E-state index is 0.0401. The van der Waals surface area contributed by atoms with Gasteiger partial charge in [-0.15, -0.1) is 11.3 Å². The minimum atomic E-state index is 0.0401. The molecule has 3 heterocycles. The molecule has 0 aliphatic heterocycles. The summed E-state index contributed by atoms with van der Waals surface area (Å²) in [7, 11) is 0. The standard InChI is InChI=1S/C14H16N4OS2/c1-7-6-20-13(16-7)11-12(15)18-21-14(11)17-9(3)10-5-4-8(2)19-10/h4-6,9,17H,1-3H3,(H2,15,18). The van der Waals surface area contributed by atoms with Crippen LogP contribution in [0, 0.1) is 13.8 Å². The first-order valence-corrected chi connectivity index (χ1v) is 8.20. The van der Waals surface area contributed by atoms with Crippen molar-refractivity contribution >= 4 is 33.7 Å². The van der Waals surface area contributed by atoms with E-state index in [1.807, 2.05) is 38.3 Å². The Hall–Kier alpha value is -1.86. The molecule has 3 aromatic rings. The molecule has 110 valence electrons. The van der Waals surface area contributed by atoms with Gasteiger partial charge in [0.1, 0.15) is 27.3 Å². The van der Waals surface area contributed by atoms with Crippen LogP contribution in [0.25, 0.3) is 10.6 Å². The van der Waals surface area contributed by atoms with Gasteiger partial charge in [0.2, 0.25) is 0 Å². The molecule has 0 bridgehead atoms. The lowest BCUT2D eigenvalue weighted by molar-refractivity contribution is 0.467. The van der Waals surface area contributed by atoms with Gasteiger partial charge in [0.05, 0.1) is 11.6 Å². The summed E-state index contributed by atoms with van der Waals surface area (Å²) in [5.74, 6) is 2.30. The Labute approximate surface area is 131 Å². The number of rotatable bonds is 4. The molecule has 3 N–H and O–H groups in total. The molecule has 0 aromatic carbocycles. The zero-order chi connectivity index (χ0) is 15.0. The predicted molar refractivity (Wildman–Crippen MR) is 87.9 cm³/mol. The molecule has 0 saturated heterocycles. The molecular weight excluding hydrogens is 304 g/mol. The van der Waals surface area contributed by atoms with E-state index in [-0.39, 0.29) is 6.04 Å². The summed E-state index contributed by atoms with van der Waals surface area (Å²) in [5.41, 5.74) is 7.87. The maximum absolute atomic E-state index is 6.00. The van der Waals surface area contributed by atoms with E-state index in [0.29, 0.717) is 5.82 Å². The van der Waals surface area contributed by atoms with Crippen LogP contribution >= 0.6 is 22.9 Å². The summed E-state index contributed by atoms with van der Waals surface area (Å²) in [5, 5.41) is 7.24. The van der Waals surface area contributed by atoms with Crippen LogP contribution in [0.2, 0.25) is 0 Å². The number of hydrogen-bond acceptors (Lipinski definition) is 7. The summed E-state index contributed by atoms with van der Waals surface area (Å²) < 4.78 is 9.90. The number of nitrogens with two attached hydrogens (primary N) is 1.